The molecule has 10 heteroatoms. The van der Waals surface area contributed by atoms with E-state index in [0.717, 1.165) is 16.9 Å². The van der Waals surface area contributed by atoms with Crippen LogP contribution in [0.25, 0.3) is 0 Å². The summed E-state index contributed by atoms with van der Waals surface area (Å²) in [6.45, 7) is 5.27. The van der Waals surface area contributed by atoms with Gasteiger partial charge in [0.1, 0.15) is 20.5 Å². The van der Waals surface area contributed by atoms with Crippen LogP contribution in [0.4, 0.5) is 5.88 Å². The molecule has 1 aromatic carbocycles. The van der Waals surface area contributed by atoms with E-state index in [1.807, 2.05) is 44.2 Å². The first-order valence-electron chi connectivity index (χ1n) is 8.22. The number of carbonyl (C=O) groups is 1. The van der Waals surface area contributed by atoms with Gasteiger partial charge in [0.2, 0.25) is 0 Å². The van der Waals surface area contributed by atoms with Gasteiger partial charge in [-0.1, -0.05) is 47.1 Å². The minimum absolute atomic E-state index is 0.0591. The van der Waals surface area contributed by atoms with E-state index in [1.54, 1.807) is 6.92 Å². The molecule has 0 aliphatic heterocycles. The summed E-state index contributed by atoms with van der Waals surface area (Å²) in [5, 5.41) is 8.09. The van der Waals surface area contributed by atoms with Gasteiger partial charge >= 0.3 is 0 Å². The van der Waals surface area contributed by atoms with Crippen LogP contribution >= 0.6 is 22.9 Å². The zero-order valence-corrected chi connectivity index (χ0v) is 17.7. The Morgan fingerprint density at radius 3 is 2.50 bits per heavy atom. The molecule has 2 N–H and O–H groups in total. The minimum Gasteiger partial charge on any atom is -0.342 e. The fourth-order valence-electron chi connectivity index (χ4n) is 2.54. The number of amides is 1. The molecular formula is C18H18ClN3O4S2. The molecule has 0 spiro atoms. The van der Waals surface area contributed by atoms with Gasteiger partial charge in [-0.25, -0.2) is 13.1 Å². The van der Waals surface area contributed by atoms with Crippen molar-refractivity contribution in [3.8, 4) is 0 Å². The van der Waals surface area contributed by atoms with E-state index >= 15 is 0 Å². The fraction of sp³-hybridized carbons (Fsp3) is 0.222. The van der Waals surface area contributed by atoms with Gasteiger partial charge < -0.3 is 9.84 Å². The Labute approximate surface area is 171 Å². The highest BCUT2D eigenvalue weighted by atomic mass is 35.5. The molecule has 7 nitrogen and oxygen atoms in total. The number of nitrogens with zero attached hydrogens (tertiary/aromatic N) is 1. The van der Waals surface area contributed by atoms with Crippen molar-refractivity contribution in [2.45, 2.75) is 31.2 Å². The summed E-state index contributed by atoms with van der Waals surface area (Å²) < 4.78 is 32.6. The number of aromatic nitrogens is 1. The molecule has 3 rings (SSSR count). The molecule has 0 aliphatic rings. The number of halogens is 1. The Balaban J connectivity index is 1.86. The van der Waals surface area contributed by atoms with Crippen LogP contribution in [0.3, 0.4) is 0 Å². The number of carbonyl (C=O) groups excluding carboxylic acids is 1. The molecule has 0 saturated heterocycles. The van der Waals surface area contributed by atoms with Crippen molar-refractivity contribution in [1.29, 1.82) is 0 Å². The molecule has 3 aromatic rings. The molecule has 0 radical (unpaired) electrons. The summed E-state index contributed by atoms with van der Waals surface area (Å²) in [5.41, 5.74) is 0.556. The van der Waals surface area contributed by atoms with Crippen LogP contribution in [0, 0.1) is 6.92 Å². The van der Waals surface area contributed by atoms with Gasteiger partial charge in [-0.3, -0.25) is 4.79 Å². The van der Waals surface area contributed by atoms with E-state index < -0.39 is 21.5 Å². The average molecular weight is 440 g/mol. The molecule has 2 heterocycles. The van der Waals surface area contributed by atoms with Crippen molar-refractivity contribution >= 4 is 44.8 Å². The minimum atomic E-state index is -4.09. The van der Waals surface area contributed by atoms with Crippen molar-refractivity contribution in [1.82, 2.24) is 10.5 Å². The summed E-state index contributed by atoms with van der Waals surface area (Å²) >= 11 is 7.00. The molecule has 0 bridgehead atoms. The van der Waals surface area contributed by atoms with Crippen LogP contribution in [-0.2, 0) is 15.6 Å². The number of anilines is 1. The highest BCUT2D eigenvalue weighted by Crippen LogP contribution is 2.30. The third kappa shape index (κ3) is 4.06. The third-order valence-electron chi connectivity index (χ3n) is 4.06. The molecule has 28 heavy (non-hydrogen) atoms. The molecule has 0 atom stereocenters. The van der Waals surface area contributed by atoms with Crippen LogP contribution in [0.5, 0.6) is 0 Å². The monoisotopic (exact) mass is 439 g/mol. The summed E-state index contributed by atoms with van der Waals surface area (Å²) in [7, 11) is -4.09. The first-order chi connectivity index (χ1) is 13.1. The Morgan fingerprint density at radius 1 is 1.21 bits per heavy atom. The van der Waals surface area contributed by atoms with E-state index in [1.165, 1.54) is 11.4 Å². The summed E-state index contributed by atoms with van der Waals surface area (Å²) in [4.78, 5) is 12.7. The second-order valence-corrected chi connectivity index (χ2v) is 9.52. The maximum Gasteiger partial charge on any atom is 0.265 e. The van der Waals surface area contributed by atoms with Gasteiger partial charge in [-0.15, -0.1) is 11.3 Å². The second-order valence-electron chi connectivity index (χ2n) is 6.58. The molecular weight excluding hydrogens is 422 g/mol. The lowest BCUT2D eigenvalue weighted by Crippen LogP contribution is -2.41. The Kier molecular flexibility index (Phi) is 5.51. The van der Waals surface area contributed by atoms with Gasteiger partial charge in [0, 0.05) is 0 Å². The second kappa shape index (κ2) is 7.57. The lowest BCUT2D eigenvalue weighted by Gasteiger charge is -2.26. The first kappa shape index (κ1) is 20.4. The smallest absolute Gasteiger partial charge is 0.265 e. The van der Waals surface area contributed by atoms with Gasteiger partial charge in [-0.2, -0.15) is 0 Å². The number of hydrogen-bond acceptors (Lipinski definition) is 6. The molecule has 1 amide bonds. The summed E-state index contributed by atoms with van der Waals surface area (Å²) in [5.74, 6) is -0.689. The van der Waals surface area contributed by atoms with Crippen molar-refractivity contribution in [3.63, 3.8) is 0 Å². The third-order valence-corrected chi connectivity index (χ3v) is 6.93. The van der Waals surface area contributed by atoms with Gasteiger partial charge in [0.05, 0.1) is 5.54 Å². The molecule has 0 unspecified atom stereocenters. The quantitative estimate of drug-likeness (QED) is 0.600. The number of thiophene rings is 1. The zero-order chi connectivity index (χ0) is 20.5. The van der Waals surface area contributed by atoms with Crippen LogP contribution in [-0.4, -0.2) is 19.5 Å². The maximum atomic E-state index is 12.8. The number of hydrogen-bond donors (Lipinski definition) is 2. The van der Waals surface area contributed by atoms with E-state index in [-0.39, 0.29) is 20.7 Å². The van der Waals surface area contributed by atoms with Crippen LogP contribution < -0.4 is 10.0 Å². The summed E-state index contributed by atoms with van der Waals surface area (Å²) in [6, 6.07) is 10.8. The van der Waals surface area contributed by atoms with E-state index in [9.17, 15) is 13.2 Å². The highest BCUT2D eigenvalue weighted by Gasteiger charge is 2.30. The zero-order valence-electron chi connectivity index (χ0n) is 15.3. The molecule has 0 saturated carbocycles. The number of sulfonamides is 1. The van der Waals surface area contributed by atoms with Crippen molar-refractivity contribution in [3.05, 3.63) is 62.9 Å². The van der Waals surface area contributed by atoms with Gasteiger partial charge in [0.15, 0.2) is 0 Å². The Hall–Kier alpha value is -2.36. The SMILES string of the molecule is Cc1noc(NS(=O)(=O)c2ccsc2C(=O)NC(C)(C)c2ccccc2)c1Cl. The maximum absolute atomic E-state index is 12.8. The van der Waals surface area contributed by atoms with E-state index in [0.29, 0.717) is 5.69 Å². The molecule has 148 valence electrons. The van der Waals surface area contributed by atoms with Crippen LogP contribution in [0.15, 0.2) is 51.2 Å². The van der Waals surface area contributed by atoms with Crippen molar-refractivity contribution < 1.29 is 17.7 Å². The largest absolute Gasteiger partial charge is 0.342 e. The molecule has 0 fully saturated rings. The predicted octanol–water partition coefficient (Wildman–Crippen LogP) is 4.16. The summed E-state index contributed by atoms with van der Waals surface area (Å²) in [6.07, 6.45) is 0. The highest BCUT2D eigenvalue weighted by molar-refractivity contribution is 7.93. The van der Waals surface area contributed by atoms with Crippen LogP contribution in [0.2, 0.25) is 5.02 Å². The first-order valence-corrected chi connectivity index (χ1v) is 11.0. The van der Waals surface area contributed by atoms with Crippen molar-refractivity contribution in [2.75, 3.05) is 4.72 Å². The fourth-order valence-corrected chi connectivity index (χ4v) is 5.03. The number of rotatable bonds is 6. The van der Waals surface area contributed by atoms with Crippen LogP contribution in [0.1, 0.15) is 34.8 Å². The number of benzene rings is 1. The lowest BCUT2D eigenvalue weighted by molar-refractivity contribution is 0.0913. The normalized spacial score (nSPS) is 12.0. The molecule has 0 aliphatic carbocycles. The standard InChI is InChI=1S/C18H18ClN3O4S2/c1-11-14(19)17(26-21-11)22-28(24,25)13-9-10-27-15(13)16(23)20-18(2,3)12-7-5-4-6-8-12/h4-10,22H,1-3H3,(H,20,23). The topological polar surface area (TPSA) is 101 Å². The van der Waals surface area contributed by atoms with E-state index in [4.69, 9.17) is 16.1 Å². The Morgan fingerprint density at radius 2 is 1.89 bits per heavy atom. The number of nitrogens with one attached hydrogen (secondary N) is 2. The lowest BCUT2D eigenvalue weighted by atomic mass is 9.94. The van der Waals surface area contributed by atoms with E-state index in [2.05, 4.69) is 15.2 Å². The average Bonchev–Trinajstić information content (AvgIpc) is 3.25. The van der Waals surface area contributed by atoms with Crippen molar-refractivity contribution in [2.24, 2.45) is 0 Å². The predicted molar refractivity (Wildman–Crippen MR) is 108 cm³/mol. The van der Waals surface area contributed by atoms with Gasteiger partial charge in [0.25, 0.3) is 21.8 Å². The Bertz CT molecular complexity index is 1110. The number of aryl methyl sites for hydroxylation is 1. The molecule has 2 aromatic heterocycles. The van der Waals surface area contributed by atoms with Gasteiger partial charge in [-0.05, 0) is 37.8 Å².